The molecule has 46 heavy (non-hydrogen) atoms. The zero-order valence-electron chi connectivity index (χ0n) is 26.6. The molecule has 8 nitrogen and oxygen atoms in total. The van der Waals surface area contributed by atoms with E-state index >= 15 is 0 Å². The number of aryl methyl sites for hydroxylation is 2. The van der Waals surface area contributed by atoms with Crippen molar-refractivity contribution in [3.8, 4) is 5.75 Å². The Bertz CT molecular complexity index is 1750. The number of ether oxygens (including phenoxy) is 1. The van der Waals surface area contributed by atoms with Crippen LogP contribution in [0.15, 0.2) is 102 Å². The number of hydrogen-bond acceptors (Lipinski definition) is 5. The summed E-state index contributed by atoms with van der Waals surface area (Å²) in [5.41, 5.74) is 3.48. The number of nitrogens with zero attached hydrogens (tertiary/aromatic N) is 2. The van der Waals surface area contributed by atoms with Gasteiger partial charge in [0.05, 0.1) is 17.7 Å². The van der Waals surface area contributed by atoms with Crippen molar-refractivity contribution < 1.29 is 22.7 Å². The number of anilines is 1. The van der Waals surface area contributed by atoms with Crippen LogP contribution in [0.5, 0.6) is 5.75 Å². The van der Waals surface area contributed by atoms with Crippen molar-refractivity contribution in [2.24, 2.45) is 0 Å². The summed E-state index contributed by atoms with van der Waals surface area (Å²) in [4.78, 5) is 29.8. The number of carbonyl (C=O) groups is 2. The van der Waals surface area contributed by atoms with E-state index in [0.29, 0.717) is 23.7 Å². The van der Waals surface area contributed by atoms with E-state index in [9.17, 15) is 18.0 Å². The van der Waals surface area contributed by atoms with Gasteiger partial charge in [-0.1, -0.05) is 84.8 Å². The fourth-order valence-corrected chi connectivity index (χ4v) is 6.57. The molecule has 1 N–H and O–H groups in total. The second-order valence-electron chi connectivity index (χ2n) is 11.1. The molecule has 4 aromatic carbocycles. The molecule has 10 heteroatoms. The zero-order chi connectivity index (χ0) is 33.3. The van der Waals surface area contributed by atoms with Gasteiger partial charge in [0, 0.05) is 24.5 Å². The van der Waals surface area contributed by atoms with Crippen LogP contribution < -0.4 is 14.4 Å². The lowest BCUT2D eigenvalue weighted by molar-refractivity contribution is -0.140. The first-order valence-electron chi connectivity index (χ1n) is 15.1. The summed E-state index contributed by atoms with van der Waals surface area (Å²) >= 11 is 6.46. The number of sulfonamides is 1. The largest absolute Gasteiger partial charge is 0.497 e. The van der Waals surface area contributed by atoms with Crippen molar-refractivity contribution >= 4 is 39.1 Å². The van der Waals surface area contributed by atoms with Gasteiger partial charge in [-0.05, 0) is 73.4 Å². The van der Waals surface area contributed by atoms with E-state index in [0.717, 1.165) is 26.6 Å². The second kappa shape index (κ2) is 15.8. The molecule has 0 saturated carbocycles. The van der Waals surface area contributed by atoms with E-state index in [-0.39, 0.29) is 29.5 Å². The first-order chi connectivity index (χ1) is 22.0. The summed E-state index contributed by atoms with van der Waals surface area (Å²) < 4.78 is 34.9. The van der Waals surface area contributed by atoms with Gasteiger partial charge in [0.2, 0.25) is 11.8 Å². The Morgan fingerprint density at radius 3 is 2.24 bits per heavy atom. The molecule has 0 aromatic heterocycles. The monoisotopic (exact) mass is 661 g/mol. The Hall–Kier alpha value is -4.34. The molecular weight excluding hydrogens is 622 g/mol. The Morgan fingerprint density at radius 2 is 1.59 bits per heavy atom. The number of methoxy groups -OCH3 is 1. The van der Waals surface area contributed by atoms with Crippen LogP contribution in [-0.2, 0) is 32.6 Å². The molecule has 0 fully saturated rings. The summed E-state index contributed by atoms with van der Waals surface area (Å²) in [6.45, 7) is 5.54. The number of rotatable bonds is 14. The molecule has 0 spiro atoms. The van der Waals surface area contributed by atoms with E-state index in [4.69, 9.17) is 16.3 Å². The lowest BCUT2D eigenvalue weighted by Crippen LogP contribution is -2.53. The minimum Gasteiger partial charge on any atom is -0.497 e. The fourth-order valence-electron chi connectivity index (χ4n) is 4.99. The summed E-state index contributed by atoms with van der Waals surface area (Å²) in [5.74, 6) is -0.283. The van der Waals surface area contributed by atoms with E-state index < -0.39 is 28.5 Å². The number of carbonyl (C=O) groups excluding carboxylic acids is 2. The van der Waals surface area contributed by atoms with Crippen molar-refractivity contribution in [2.45, 2.75) is 51.1 Å². The Labute approximate surface area is 277 Å². The minimum absolute atomic E-state index is 0.0310. The predicted octanol–water partition coefficient (Wildman–Crippen LogP) is 6.33. The molecule has 0 saturated heterocycles. The maximum atomic E-state index is 14.6. The molecule has 242 valence electrons. The van der Waals surface area contributed by atoms with Crippen molar-refractivity contribution in [2.75, 3.05) is 24.5 Å². The van der Waals surface area contributed by atoms with Gasteiger partial charge in [0.15, 0.2) is 0 Å². The number of hydrogen-bond donors (Lipinski definition) is 1. The van der Waals surface area contributed by atoms with Crippen LogP contribution in [0.1, 0.15) is 35.6 Å². The molecule has 0 aliphatic heterocycles. The Kier molecular flexibility index (Phi) is 11.8. The van der Waals surface area contributed by atoms with Gasteiger partial charge < -0.3 is 15.0 Å². The minimum atomic E-state index is -4.22. The highest BCUT2D eigenvalue weighted by Crippen LogP contribution is 2.29. The van der Waals surface area contributed by atoms with Crippen LogP contribution in [0.2, 0.25) is 5.02 Å². The SMILES string of the molecule is CCCNC(=O)C(Cc1ccccc1)N(Cc1cccc(OC)c1)C(=O)CN(c1ccc(C)c(Cl)c1)S(=O)(=O)c1ccc(C)cc1. The molecule has 0 bridgehead atoms. The lowest BCUT2D eigenvalue weighted by atomic mass is 10.0. The van der Waals surface area contributed by atoms with E-state index in [1.54, 1.807) is 43.5 Å². The quantitative estimate of drug-likeness (QED) is 0.171. The van der Waals surface area contributed by atoms with Crippen LogP contribution in [0.3, 0.4) is 0 Å². The van der Waals surface area contributed by atoms with Gasteiger partial charge in [0.1, 0.15) is 18.3 Å². The molecule has 0 radical (unpaired) electrons. The molecular formula is C36H40ClN3O5S. The molecule has 1 atom stereocenters. The van der Waals surface area contributed by atoms with E-state index in [2.05, 4.69) is 5.32 Å². The number of halogens is 1. The molecule has 4 aromatic rings. The average molecular weight is 662 g/mol. The zero-order valence-corrected chi connectivity index (χ0v) is 28.1. The van der Waals surface area contributed by atoms with Gasteiger partial charge in [-0.25, -0.2) is 8.42 Å². The summed E-state index contributed by atoms with van der Waals surface area (Å²) in [5, 5.41) is 3.31. The van der Waals surface area contributed by atoms with Gasteiger partial charge >= 0.3 is 0 Å². The molecule has 4 rings (SSSR count). The molecule has 0 aliphatic carbocycles. The van der Waals surface area contributed by atoms with E-state index in [1.165, 1.54) is 23.1 Å². The van der Waals surface area contributed by atoms with Crippen molar-refractivity contribution in [1.29, 1.82) is 0 Å². The van der Waals surface area contributed by atoms with Crippen molar-refractivity contribution in [3.63, 3.8) is 0 Å². The maximum Gasteiger partial charge on any atom is 0.264 e. The maximum absolute atomic E-state index is 14.6. The van der Waals surface area contributed by atoms with Crippen molar-refractivity contribution in [3.05, 3.63) is 124 Å². The highest BCUT2D eigenvalue weighted by molar-refractivity contribution is 7.92. The fraction of sp³-hybridized carbons (Fsp3) is 0.278. The molecule has 2 amide bonds. The number of benzene rings is 4. The van der Waals surface area contributed by atoms with Gasteiger partial charge in [-0.3, -0.25) is 13.9 Å². The first kappa shape index (κ1) is 34.5. The Morgan fingerprint density at radius 1 is 0.891 bits per heavy atom. The molecule has 1 unspecified atom stereocenters. The third-order valence-electron chi connectivity index (χ3n) is 7.64. The van der Waals surface area contributed by atoms with Gasteiger partial charge in [-0.2, -0.15) is 0 Å². The summed E-state index contributed by atoms with van der Waals surface area (Å²) in [7, 11) is -2.67. The van der Waals surface area contributed by atoms with Crippen LogP contribution >= 0.6 is 11.6 Å². The average Bonchev–Trinajstić information content (AvgIpc) is 3.06. The first-order valence-corrected chi connectivity index (χ1v) is 16.9. The number of amides is 2. The van der Waals surface area contributed by atoms with E-state index in [1.807, 2.05) is 63.2 Å². The normalized spacial score (nSPS) is 11.8. The standard InChI is InChI=1S/C36H40ClN3O5S/c1-5-20-38-36(42)34(22-28-10-7-6-8-11-28)39(24-29-12-9-13-31(21-29)45-4)35(41)25-40(30-17-16-27(3)33(37)23-30)46(43,44)32-18-14-26(2)15-19-32/h6-19,21,23,34H,5,20,22,24-25H2,1-4H3,(H,38,42). The smallest absolute Gasteiger partial charge is 0.264 e. The molecule has 0 aliphatic rings. The summed E-state index contributed by atoms with van der Waals surface area (Å²) in [6.07, 6.45) is 0.942. The highest BCUT2D eigenvalue weighted by Gasteiger charge is 2.34. The van der Waals surface area contributed by atoms with Crippen LogP contribution in [-0.4, -0.2) is 51.4 Å². The van der Waals surface area contributed by atoms with Crippen LogP contribution in [0.4, 0.5) is 5.69 Å². The third-order valence-corrected chi connectivity index (χ3v) is 9.83. The summed E-state index contributed by atoms with van der Waals surface area (Å²) in [6, 6.07) is 27.1. The Balaban J connectivity index is 1.82. The second-order valence-corrected chi connectivity index (χ2v) is 13.4. The third kappa shape index (κ3) is 8.68. The van der Waals surface area contributed by atoms with Crippen molar-refractivity contribution in [1.82, 2.24) is 10.2 Å². The highest BCUT2D eigenvalue weighted by atomic mass is 35.5. The lowest BCUT2D eigenvalue weighted by Gasteiger charge is -2.34. The topological polar surface area (TPSA) is 96.0 Å². The van der Waals surface area contributed by atoms with Gasteiger partial charge in [-0.15, -0.1) is 0 Å². The van der Waals surface area contributed by atoms with Gasteiger partial charge in [0.25, 0.3) is 10.0 Å². The number of nitrogens with one attached hydrogen (secondary N) is 1. The van der Waals surface area contributed by atoms with Crippen LogP contribution in [0.25, 0.3) is 0 Å². The predicted molar refractivity (Wildman–Crippen MR) is 183 cm³/mol. The molecule has 0 heterocycles. The van der Waals surface area contributed by atoms with Crippen LogP contribution in [0, 0.1) is 13.8 Å².